The number of rotatable bonds is 4. The molecule has 0 aromatic carbocycles. The fourth-order valence-corrected chi connectivity index (χ4v) is 0.976. The van der Waals surface area contributed by atoms with Gasteiger partial charge in [-0.25, -0.2) is 0 Å². The number of hydrogen-bond donors (Lipinski definition) is 1. The summed E-state index contributed by atoms with van der Waals surface area (Å²) in [6.45, 7) is 4.80. The van der Waals surface area contributed by atoms with Gasteiger partial charge >= 0.3 is 0 Å². The number of carbonyl (C=O) groups is 1. The van der Waals surface area contributed by atoms with Crippen LogP contribution in [-0.4, -0.2) is 19.4 Å². The number of ketones is 1. The van der Waals surface area contributed by atoms with Crippen LogP contribution in [0.25, 0.3) is 0 Å². The van der Waals surface area contributed by atoms with Crippen molar-refractivity contribution in [1.29, 1.82) is 0 Å². The fourth-order valence-electron chi connectivity index (χ4n) is 0.976. The number of carbonyl (C=O) groups excluding carboxylic acids is 1. The predicted octanol–water partition coefficient (Wildman–Crippen LogP) is -0.205. The first-order valence-corrected chi connectivity index (χ1v) is 3.44. The molecule has 0 radical (unpaired) electrons. The van der Waals surface area contributed by atoms with E-state index in [1.165, 1.54) is 0 Å². The Hall–Kier alpha value is -0.370. The molecule has 2 heteroatoms. The Labute approximate surface area is 56.6 Å². The maximum atomic E-state index is 10.5. The third-order valence-corrected chi connectivity index (χ3v) is 1.27. The van der Waals surface area contributed by atoms with E-state index in [9.17, 15) is 4.79 Å². The van der Waals surface area contributed by atoms with E-state index in [-0.39, 0.29) is 0 Å². The topological polar surface area (TPSA) is 33.7 Å². The summed E-state index contributed by atoms with van der Waals surface area (Å²) >= 11 is 0. The Kier molecular flexibility index (Phi) is 4.32. The standard InChI is InChI=1S/C7H15NO/c1-6(5-8-3)4-7(2)9/h6,8H,4-5H2,1-3H3/p+1/t6-/m1/s1. The zero-order chi connectivity index (χ0) is 7.28. The van der Waals surface area contributed by atoms with Gasteiger partial charge in [-0.15, -0.1) is 0 Å². The van der Waals surface area contributed by atoms with Crippen LogP contribution in [-0.2, 0) is 4.79 Å². The van der Waals surface area contributed by atoms with Crippen molar-refractivity contribution in [1.82, 2.24) is 0 Å². The Bertz CT molecular complexity index is 90.9. The lowest BCUT2D eigenvalue weighted by molar-refractivity contribution is -0.632. The molecule has 0 aliphatic carbocycles. The highest BCUT2D eigenvalue weighted by Gasteiger charge is 2.04. The molecule has 1 atom stereocenters. The molecule has 0 fully saturated rings. The minimum atomic E-state index is 0.296. The predicted molar refractivity (Wildman–Crippen MR) is 37.2 cm³/mol. The van der Waals surface area contributed by atoms with Crippen LogP contribution in [0.4, 0.5) is 0 Å². The summed E-state index contributed by atoms with van der Waals surface area (Å²) in [6.07, 6.45) is 0.727. The maximum Gasteiger partial charge on any atom is 0.130 e. The number of nitrogens with two attached hydrogens (primary N) is 1. The summed E-state index contributed by atoms with van der Waals surface area (Å²) in [5.74, 6) is 0.830. The fraction of sp³-hybridized carbons (Fsp3) is 0.857. The van der Waals surface area contributed by atoms with E-state index >= 15 is 0 Å². The van der Waals surface area contributed by atoms with Gasteiger partial charge in [0.05, 0.1) is 13.6 Å². The highest BCUT2D eigenvalue weighted by Crippen LogP contribution is 1.97. The number of quaternary nitrogens is 1. The highest BCUT2D eigenvalue weighted by atomic mass is 16.1. The lowest BCUT2D eigenvalue weighted by Crippen LogP contribution is -2.81. The van der Waals surface area contributed by atoms with E-state index in [1.54, 1.807) is 6.92 Å². The van der Waals surface area contributed by atoms with E-state index in [2.05, 4.69) is 12.2 Å². The van der Waals surface area contributed by atoms with Gasteiger partial charge in [-0.05, 0) is 6.92 Å². The Balaban J connectivity index is 3.26. The molecule has 0 aromatic rings. The summed E-state index contributed by atoms with van der Waals surface area (Å²) in [5, 5.41) is 2.10. The molecule has 0 aliphatic heterocycles. The average molecular weight is 130 g/mol. The Morgan fingerprint density at radius 2 is 2.22 bits per heavy atom. The van der Waals surface area contributed by atoms with Gasteiger partial charge in [0.15, 0.2) is 0 Å². The van der Waals surface area contributed by atoms with Gasteiger partial charge in [-0.1, -0.05) is 6.92 Å². The van der Waals surface area contributed by atoms with Crippen molar-refractivity contribution in [2.75, 3.05) is 13.6 Å². The smallest absolute Gasteiger partial charge is 0.130 e. The average Bonchev–Trinajstić information content (AvgIpc) is 1.63. The molecule has 54 valence electrons. The molecule has 0 bridgehead atoms. The Morgan fingerprint density at radius 3 is 2.56 bits per heavy atom. The summed E-state index contributed by atoms with van der Waals surface area (Å²) in [6, 6.07) is 0. The third-order valence-electron chi connectivity index (χ3n) is 1.27. The second kappa shape index (κ2) is 4.50. The van der Waals surface area contributed by atoms with Crippen molar-refractivity contribution in [3.05, 3.63) is 0 Å². The zero-order valence-electron chi connectivity index (χ0n) is 6.48. The molecule has 0 saturated heterocycles. The molecular weight excluding hydrogens is 114 g/mol. The van der Waals surface area contributed by atoms with Crippen molar-refractivity contribution in [3.63, 3.8) is 0 Å². The van der Waals surface area contributed by atoms with Gasteiger partial charge in [0.1, 0.15) is 5.78 Å². The molecule has 0 heterocycles. The molecule has 2 nitrogen and oxygen atoms in total. The summed E-state index contributed by atoms with van der Waals surface area (Å²) in [5.41, 5.74) is 0. The first kappa shape index (κ1) is 8.63. The van der Waals surface area contributed by atoms with Gasteiger partial charge in [-0.2, -0.15) is 0 Å². The van der Waals surface area contributed by atoms with Crippen LogP contribution in [0.5, 0.6) is 0 Å². The molecule has 0 saturated carbocycles. The van der Waals surface area contributed by atoms with Gasteiger partial charge < -0.3 is 10.1 Å². The lowest BCUT2D eigenvalue weighted by atomic mass is 10.1. The van der Waals surface area contributed by atoms with Gasteiger partial charge in [0.2, 0.25) is 0 Å². The SMILES string of the molecule is C[NH2+]C[C@H](C)CC(C)=O. The first-order chi connectivity index (χ1) is 4.16. The van der Waals surface area contributed by atoms with E-state index in [1.807, 2.05) is 7.05 Å². The van der Waals surface area contributed by atoms with E-state index in [4.69, 9.17) is 0 Å². The molecule has 0 aromatic heterocycles. The second-order valence-corrected chi connectivity index (χ2v) is 2.66. The van der Waals surface area contributed by atoms with Crippen LogP contribution < -0.4 is 5.32 Å². The van der Waals surface area contributed by atoms with E-state index < -0.39 is 0 Å². The quantitative estimate of drug-likeness (QED) is 0.561. The third kappa shape index (κ3) is 5.50. The zero-order valence-corrected chi connectivity index (χ0v) is 6.48. The molecule has 9 heavy (non-hydrogen) atoms. The van der Waals surface area contributed by atoms with E-state index in [0.717, 1.165) is 13.0 Å². The lowest BCUT2D eigenvalue weighted by Gasteiger charge is -2.03. The molecule has 0 rings (SSSR count). The monoisotopic (exact) mass is 130 g/mol. The van der Waals surface area contributed by atoms with Gasteiger partial charge in [0, 0.05) is 12.3 Å². The van der Waals surface area contributed by atoms with Crippen molar-refractivity contribution in [2.45, 2.75) is 20.3 Å². The van der Waals surface area contributed by atoms with Crippen LogP contribution in [0.3, 0.4) is 0 Å². The van der Waals surface area contributed by atoms with Crippen LogP contribution in [0, 0.1) is 5.92 Å². The van der Waals surface area contributed by atoms with Gasteiger partial charge in [0.25, 0.3) is 0 Å². The van der Waals surface area contributed by atoms with E-state index in [0.29, 0.717) is 11.7 Å². The summed E-state index contributed by atoms with van der Waals surface area (Å²) < 4.78 is 0. The Morgan fingerprint density at radius 1 is 1.67 bits per heavy atom. The molecule has 0 amide bonds. The van der Waals surface area contributed by atoms with Crippen molar-refractivity contribution < 1.29 is 10.1 Å². The highest BCUT2D eigenvalue weighted by molar-refractivity contribution is 5.75. The molecule has 0 aliphatic rings. The van der Waals surface area contributed by atoms with Crippen molar-refractivity contribution in [3.8, 4) is 0 Å². The summed E-state index contributed by atoms with van der Waals surface area (Å²) in [4.78, 5) is 10.5. The largest absolute Gasteiger partial charge is 0.348 e. The number of Topliss-reactive ketones (excluding diaryl/α,β-unsaturated/α-hetero) is 1. The minimum absolute atomic E-state index is 0.296. The summed E-state index contributed by atoms with van der Waals surface area (Å²) in [7, 11) is 2.02. The van der Waals surface area contributed by atoms with Crippen LogP contribution in [0.1, 0.15) is 20.3 Å². The van der Waals surface area contributed by atoms with Crippen LogP contribution in [0.2, 0.25) is 0 Å². The van der Waals surface area contributed by atoms with Crippen molar-refractivity contribution in [2.24, 2.45) is 5.92 Å². The minimum Gasteiger partial charge on any atom is -0.348 e. The number of hydrogen-bond acceptors (Lipinski definition) is 1. The maximum absolute atomic E-state index is 10.5. The normalized spacial score (nSPS) is 13.2. The molecule has 0 unspecified atom stereocenters. The van der Waals surface area contributed by atoms with Crippen molar-refractivity contribution >= 4 is 5.78 Å². The molecular formula is C7H16NO+. The van der Waals surface area contributed by atoms with Crippen LogP contribution in [0.15, 0.2) is 0 Å². The first-order valence-electron chi connectivity index (χ1n) is 3.44. The van der Waals surface area contributed by atoms with Crippen LogP contribution >= 0.6 is 0 Å². The molecule has 0 spiro atoms. The van der Waals surface area contributed by atoms with Gasteiger partial charge in [-0.3, -0.25) is 0 Å². The second-order valence-electron chi connectivity index (χ2n) is 2.66. The molecule has 2 N–H and O–H groups in total.